The van der Waals surface area contributed by atoms with E-state index in [1.54, 1.807) is 0 Å². The molecule has 1 aliphatic heterocycles. The summed E-state index contributed by atoms with van der Waals surface area (Å²) in [6.07, 6.45) is 1.31. The third-order valence-corrected chi connectivity index (χ3v) is 1.03. The van der Waals surface area contributed by atoms with Gasteiger partial charge in [0.15, 0.2) is 0 Å². The molecule has 3 nitrogen and oxygen atoms in total. The second-order valence-corrected chi connectivity index (χ2v) is 1.71. The monoisotopic (exact) mass is 136 g/mol. The first-order chi connectivity index (χ1) is 3.29. The number of amides is 1. The van der Waals surface area contributed by atoms with Gasteiger partial charge in [0.25, 0.3) is 0 Å². The fourth-order valence-corrected chi connectivity index (χ4v) is 0.638. The van der Waals surface area contributed by atoms with Gasteiger partial charge in [-0.2, -0.15) is 0 Å². The van der Waals surface area contributed by atoms with Crippen LogP contribution in [0.1, 0.15) is 12.8 Å². The Bertz CT molecular complexity index is 96.0. The average molecular weight is 137 g/mol. The van der Waals surface area contributed by atoms with E-state index >= 15 is 0 Å². The van der Waals surface area contributed by atoms with Gasteiger partial charge in [-0.1, -0.05) is 0 Å². The van der Waals surface area contributed by atoms with Crippen LogP contribution in [0.4, 0.5) is 0 Å². The molecule has 48 valence electrons. The quantitative estimate of drug-likeness (QED) is 0.476. The van der Waals surface area contributed by atoms with Crippen molar-refractivity contribution in [1.29, 1.82) is 0 Å². The molecule has 3 N–H and O–H groups in total. The lowest BCUT2D eigenvalue weighted by atomic mass is 10.3. The largest absolute Gasteiger partial charge is 0.341 e. The molecule has 0 bridgehead atoms. The van der Waals surface area contributed by atoms with Crippen LogP contribution in [0.25, 0.3) is 0 Å². The molecule has 8 heavy (non-hydrogen) atoms. The molecule has 0 aromatic heterocycles. The number of carbonyl (C=O) groups is 1. The molecule has 1 unspecified atom stereocenters. The molecule has 1 aliphatic rings. The third-order valence-electron chi connectivity index (χ3n) is 1.03. The highest BCUT2D eigenvalue weighted by molar-refractivity contribution is 5.85. The van der Waals surface area contributed by atoms with Crippen LogP contribution < -0.4 is 11.1 Å². The molecule has 1 amide bonds. The van der Waals surface area contributed by atoms with Crippen LogP contribution in [0.3, 0.4) is 0 Å². The summed E-state index contributed by atoms with van der Waals surface area (Å²) in [7, 11) is 0. The van der Waals surface area contributed by atoms with Crippen LogP contribution in [0.5, 0.6) is 0 Å². The molecule has 1 saturated heterocycles. The van der Waals surface area contributed by atoms with Crippen LogP contribution in [0, 0.1) is 0 Å². The highest BCUT2D eigenvalue weighted by atomic mass is 35.5. The molecule has 0 spiro atoms. The standard InChI is InChI=1S/C4H8N2O.ClH/c5-3-1-2-4(7)6-3;/h3H,1-2,5H2,(H,6,7);1H. The highest BCUT2D eigenvalue weighted by Crippen LogP contribution is 1.99. The molecule has 0 aromatic rings. The summed E-state index contributed by atoms with van der Waals surface area (Å²) in [5.74, 6) is 0.0764. The van der Waals surface area contributed by atoms with E-state index in [9.17, 15) is 4.79 Å². The zero-order chi connectivity index (χ0) is 5.28. The molecule has 4 heteroatoms. The van der Waals surface area contributed by atoms with Gasteiger partial charge in [0.2, 0.25) is 5.91 Å². The van der Waals surface area contributed by atoms with Crippen LogP contribution in [-0.4, -0.2) is 12.1 Å². The minimum absolute atomic E-state index is 0. The predicted molar refractivity (Wildman–Crippen MR) is 32.6 cm³/mol. The maximum Gasteiger partial charge on any atom is 0.221 e. The van der Waals surface area contributed by atoms with Gasteiger partial charge in [-0.05, 0) is 6.42 Å². The Kier molecular flexibility index (Phi) is 2.79. The molecule has 1 fully saturated rings. The summed E-state index contributed by atoms with van der Waals surface area (Å²) in [6.45, 7) is 0. The molecule has 0 aliphatic carbocycles. The molecular weight excluding hydrogens is 128 g/mol. The Morgan fingerprint density at radius 3 is 2.50 bits per heavy atom. The topological polar surface area (TPSA) is 55.1 Å². The van der Waals surface area contributed by atoms with E-state index in [4.69, 9.17) is 5.73 Å². The Balaban J connectivity index is 0.000000490. The van der Waals surface area contributed by atoms with Gasteiger partial charge < -0.3 is 11.1 Å². The van der Waals surface area contributed by atoms with Crippen molar-refractivity contribution in [3.63, 3.8) is 0 Å². The molecular formula is C4H9ClN2O. The highest BCUT2D eigenvalue weighted by Gasteiger charge is 2.15. The Morgan fingerprint density at radius 1 is 1.75 bits per heavy atom. The van der Waals surface area contributed by atoms with Gasteiger partial charge in [-0.15, -0.1) is 12.4 Å². The fourth-order valence-electron chi connectivity index (χ4n) is 0.638. The maximum atomic E-state index is 10.3. The number of halogens is 1. The fraction of sp³-hybridized carbons (Fsp3) is 0.750. The van der Waals surface area contributed by atoms with Crippen molar-refractivity contribution in [2.45, 2.75) is 19.0 Å². The lowest BCUT2D eigenvalue weighted by Crippen LogP contribution is -2.32. The predicted octanol–water partition coefficient (Wildman–Crippen LogP) is -0.397. The van der Waals surface area contributed by atoms with E-state index in [-0.39, 0.29) is 24.5 Å². The van der Waals surface area contributed by atoms with Crippen molar-refractivity contribution in [3.05, 3.63) is 0 Å². The van der Waals surface area contributed by atoms with E-state index in [2.05, 4.69) is 5.32 Å². The van der Waals surface area contributed by atoms with Gasteiger partial charge in [0, 0.05) is 6.42 Å². The first kappa shape index (κ1) is 7.72. The SMILES string of the molecule is Cl.NC1CCC(=O)N1. The number of hydrogen-bond donors (Lipinski definition) is 2. The zero-order valence-corrected chi connectivity index (χ0v) is 5.20. The van der Waals surface area contributed by atoms with Crippen molar-refractivity contribution in [1.82, 2.24) is 5.32 Å². The van der Waals surface area contributed by atoms with Crippen LogP contribution in [-0.2, 0) is 4.79 Å². The summed E-state index contributed by atoms with van der Waals surface area (Å²) in [5.41, 5.74) is 5.29. The Hall–Kier alpha value is -0.280. The minimum atomic E-state index is -0.0764. The third kappa shape index (κ3) is 1.68. The molecule has 1 atom stereocenters. The van der Waals surface area contributed by atoms with E-state index in [1.165, 1.54) is 0 Å². The van der Waals surface area contributed by atoms with Crippen LogP contribution >= 0.6 is 12.4 Å². The van der Waals surface area contributed by atoms with Crippen molar-refractivity contribution in [2.24, 2.45) is 5.73 Å². The van der Waals surface area contributed by atoms with Crippen LogP contribution in [0.15, 0.2) is 0 Å². The van der Waals surface area contributed by atoms with Gasteiger partial charge >= 0.3 is 0 Å². The first-order valence-corrected chi connectivity index (χ1v) is 2.34. The number of nitrogens with one attached hydrogen (secondary N) is 1. The van der Waals surface area contributed by atoms with Gasteiger partial charge in [-0.25, -0.2) is 0 Å². The van der Waals surface area contributed by atoms with Gasteiger partial charge in [0.05, 0.1) is 6.17 Å². The molecule has 0 saturated carbocycles. The minimum Gasteiger partial charge on any atom is -0.341 e. The maximum absolute atomic E-state index is 10.3. The summed E-state index contributed by atoms with van der Waals surface area (Å²) in [4.78, 5) is 10.3. The second-order valence-electron chi connectivity index (χ2n) is 1.71. The molecule has 0 aromatic carbocycles. The van der Waals surface area contributed by atoms with Crippen molar-refractivity contribution < 1.29 is 4.79 Å². The number of carbonyl (C=O) groups excluding carboxylic acids is 1. The zero-order valence-electron chi connectivity index (χ0n) is 4.39. The summed E-state index contributed by atoms with van der Waals surface area (Å²) >= 11 is 0. The number of rotatable bonds is 0. The Labute approximate surface area is 54.0 Å². The van der Waals surface area contributed by atoms with Gasteiger partial charge in [-0.3, -0.25) is 4.79 Å². The first-order valence-electron chi connectivity index (χ1n) is 2.34. The lowest BCUT2D eigenvalue weighted by Gasteiger charge is -1.96. The molecule has 0 radical (unpaired) electrons. The van der Waals surface area contributed by atoms with Crippen molar-refractivity contribution in [3.8, 4) is 0 Å². The number of hydrogen-bond acceptors (Lipinski definition) is 2. The van der Waals surface area contributed by atoms with E-state index in [0.29, 0.717) is 6.42 Å². The lowest BCUT2D eigenvalue weighted by molar-refractivity contribution is -0.119. The molecule has 1 rings (SSSR count). The van der Waals surface area contributed by atoms with E-state index in [0.717, 1.165) is 6.42 Å². The van der Waals surface area contributed by atoms with Gasteiger partial charge in [0.1, 0.15) is 0 Å². The van der Waals surface area contributed by atoms with Crippen molar-refractivity contribution >= 4 is 18.3 Å². The smallest absolute Gasteiger partial charge is 0.221 e. The second kappa shape index (κ2) is 2.89. The van der Waals surface area contributed by atoms with Crippen LogP contribution in [0.2, 0.25) is 0 Å². The Morgan fingerprint density at radius 2 is 2.38 bits per heavy atom. The normalized spacial score (nSPS) is 26.6. The van der Waals surface area contributed by atoms with Crippen molar-refractivity contribution in [2.75, 3.05) is 0 Å². The summed E-state index contributed by atoms with van der Waals surface area (Å²) < 4.78 is 0. The number of nitrogens with two attached hydrogens (primary N) is 1. The van der Waals surface area contributed by atoms with E-state index in [1.807, 2.05) is 0 Å². The summed E-state index contributed by atoms with van der Waals surface area (Å²) in [6, 6.07) is 0. The van der Waals surface area contributed by atoms with E-state index < -0.39 is 0 Å². The average Bonchev–Trinajstić information content (AvgIpc) is 1.87. The molecule has 1 heterocycles. The summed E-state index contributed by atoms with van der Waals surface area (Å²) in [5, 5.41) is 2.56.